The number of ether oxygens (including phenoxy) is 1. The second-order valence-electron chi connectivity index (χ2n) is 5.54. The number of amides is 1. The summed E-state index contributed by atoms with van der Waals surface area (Å²) in [6.45, 7) is 5.52. The summed E-state index contributed by atoms with van der Waals surface area (Å²) in [4.78, 5) is 11.8. The Labute approximate surface area is 112 Å². The fourth-order valence-corrected chi connectivity index (χ4v) is 2.51. The van der Waals surface area contributed by atoms with Gasteiger partial charge in [0.1, 0.15) is 5.60 Å². The average molecular weight is 268 g/mol. The van der Waals surface area contributed by atoms with Gasteiger partial charge >= 0.3 is 6.09 Å². The van der Waals surface area contributed by atoms with E-state index in [1.54, 1.807) is 0 Å². The van der Waals surface area contributed by atoms with Crippen molar-refractivity contribution in [3.63, 3.8) is 0 Å². The molecule has 2 unspecified atom stereocenters. The summed E-state index contributed by atoms with van der Waals surface area (Å²) in [5, 5.41) is 2.73. The molecule has 98 valence electrons. The summed E-state index contributed by atoms with van der Waals surface area (Å²) in [6.07, 6.45) is 0.355. The molecule has 2 rings (SSSR count). The van der Waals surface area contributed by atoms with Gasteiger partial charge in [-0.3, -0.25) is 0 Å². The Morgan fingerprint density at radius 3 is 2.72 bits per heavy atom. The number of hydrogen-bond donors (Lipinski definition) is 1. The number of benzene rings is 1. The number of alkyl halides is 1. The quantitative estimate of drug-likeness (QED) is 0.792. The highest BCUT2D eigenvalue weighted by atomic mass is 35.5. The van der Waals surface area contributed by atoms with Crippen molar-refractivity contribution < 1.29 is 9.53 Å². The van der Waals surface area contributed by atoms with Crippen LogP contribution < -0.4 is 5.32 Å². The number of rotatable bonds is 1. The third kappa shape index (κ3) is 2.96. The Kier molecular flexibility index (Phi) is 3.53. The van der Waals surface area contributed by atoms with Gasteiger partial charge in [-0.05, 0) is 38.3 Å². The minimum absolute atomic E-state index is 0.116. The number of carbonyl (C=O) groups is 1. The lowest BCUT2D eigenvalue weighted by molar-refractivity contribution is 0.0504. The molecule has 18 heavy (non-hydrogen) atoms. The van der Waals surface area contributed by atoms with E-state index >= 15 is 0 Å². The summed E-state index contributed by atoms with van der Waals surface area (Å²) in [7, 11) is 0. The van der Waals surface area contributed by atoms with Crippen molar-refractivity contribution in [3.8, 4) is 0 Å². The van der Waals surface area contributed by atoms with Gasteiger partial charge in [0.15, 0.2) is 0 Å². The SMILES string of the molecule is CC(C)(C)OC(=O)NC1c2ccccc2CC1Cl. The van der Waals surface area contributed by atoms with Crippen LogP contribution in [0.5, 0.6) is 0 Å². The number of halogens is 1. The van der Waals surface area contributed by atoms with Crippen molar-refractivity contribution in [3.05, 3.63) is 35.4 Å². The highest BCUT2D eigenvalue weighted by Crippen LogP contribution is 2.34. The van der Waals surface area contributed by atoms with Crippen LogP contribution in [0.1, 0.15) is 37.9 Å². The summed E-state index contributed by atoms with van der Waals surface area (Å²) in [6, 6.07) is 7.81. The minimum atomic E-state index is -0.496. The molecule has 3 nitrogen and oxygen atoms in total. The third-order valence-corrected chi connectivity index (χ3v) is 3.25. The van der Waals surface area contributed by atoms with E-state index < -0.39 is 11.7 Å². The topological polar surface area (TPSA) is 38.3 Å². The Bertz CT molecular complexity index is 453. The molecule has 1 aromatic rings. The van der Waals surface area contributed by atoms with Crippen LogP contribution in [0.15, 0.2) is 24.3 Å². The first-order valence-electron chi connectivity index (χ1n) is 6.08. The lowest BCUT2D eigenvalue weighted by Crippen LogP contribution is -2.36. The lowest BCUT2D eigenvalue weighted by Gasteiger charge is -2.23. The molecular weight excluding hydrogens is 250 g/mol. The first-order valence-corrected chi connectivity index (χ1v) is 6.52. The van der Waals surface area contributed by atoms with Gasteiger partial charge in [-0.1, -0.05) is 24.3 Å². The van der Waals surface area contributed by atoms with Crippen LogP contribution in [0.25, 0.3) is 0 Å². The van der Waals surface area contributed by atoms with Crippen molar-refractivity contribution in [2.75, 3.05) is 0 Å². The van der Waals surface area contributed by atoms with Crippen molar-refractivity contribution in [1.29, 1.82) is 0 Å². The van der Waals surface area contributed by atoms with Gasteiger partial charge in [0.2, 0.25) is 0 Å². The molecular formula is C14H18ClNO2. The van der Waals surface area contributed by atoms with Crippen LogP contribution in [-0.4, -0.2) is 17.1 Å². The molecule has 0 bridgehead atoms. The maximum atomic E-state index is 11.8. The highest BCUT2D eigenvalue weighted by Gasteiger charge is 2.33. The molecule has 4 heteroatoms. The standard InChI is InChI=1S/C14H18ClNO2/c1-14(2,3)18-13(17)16-12-10-7-5-4-6-9(10)8-11(12)15/h4-7,11-12H,8H2,1-3H3,(H,16,17). The highest BCUT2D eigenvalue weighted by molar-refractivity contribution is 6.21. The van der Waals surface area contributed by atoms with Crippen LogP contribution >= 0.6 is 11.6 Å². The van der Waals surface area contributed by atoms with Crippen molar-refractivity contribution in [2.24, 2.45) is 0 Å². The van der Waals surface area contributed by atoms with Crippen LogP contribution in [0.2, 0.25) is 0 Å². The Morgan fingerprint density at radius 1 is 1.39 bits per heavy atom. The van der Waals surface area contributed by atoms with E-state index in [9.17, 15) is 4.79 Å². The third-order valence-electron chi connectivity index (χ3n) is 2.84. The van der Waals surface area contributed by atoms with E-state index in [0.29, 0.717) is 0 Å². The van der Waals surface area contributed by atoms with Gasteiger partial charge in [0.05, 0.1) is 11.4 Å². The van der Waals surface area contributed by atoms with Crippen LogP contribution in [-0.2, 0) is 11.2 Å². The first kappa shape index (κ1) is 13.2. The van der Waals surface area contributed by atoms with Gasteiger partial charge < -0.3 is 10.1 Å². The predicted octanol–water partition coefficient (Wildman–Crippen LogP) is 3.42. The Balaban J connectivity index is 2.08. The molecule has 1 amide bonds. The minimum Gasteiger partial charge on any atom is -0.444 e. The molecule has 0 saturated carbocycles. The molecule has 0 saturated heterocycles. The molecule has 0 fully saturated rings. The second-order valence-corrected chi connectivity index (χ2v) is 6.10. The van der Waals surface area contributed by atoms with E-state index in [-0.39, 0.29) is 11.4 Å². The maximum Gasteiger partial charge on any atom is 0.408 e. The zero-order chi connectivity index (χ0) is 13.3. The smallest absolute Gasteiger partial charge is 0.408 e. The fourth-order valence-electron chi connectivity index (χ4n) is 2.15. The number of nitrogens with one attached hydrogen (secondary N) is 1. The number of hydrogen-bond acceptors (Lipinski definition) is 2. The van der Waals surface area contributed by atoms with Crippen LogP contribution in [0.3, 0.4) is 0 Å². The van der Waals surface area contributed by atoms with E-state index in [0.717, 1.165) is 12.0 Å². The molecule has 2 atom stereocenters. The summed E-state index contributed by atoms with van der Waals surface area (Å²) >= 11 is 6.29. The van der Waals surface area contributed by atoms with E-state index in [2.05, 4.69) is 5.32 Å². The summed E-state index contributed by atoms with van der Waals surface area (Å²) < 4.78 is 5.25. The predicted molar refractivity (Wildman–Crippen MR) is 71.9 cm³/mol. The van der Waals surface area contributed by atoms with Gasteiger partial charge in [-0.2, -0.15) is 0 Å². The van der Waals surface area contributed by atoms with Gasteiger partial charge in [0, 0.05) is 0 Å². The van der Waals surface area contributed by atoms with Gasteiger partial charge in [-0.15, -0.1) is 11.6 Å². The summed E-state index contributed by atoms with van der Waals surface area (Å²) in [5.41, 5.74) is 1.78. The number of fused-ring (bicyclic) bond motifs is 1. The zero-order valence-corrected chi connectivity index (χ0v) is 11.6. The van der Waals surface area contributed by atoms with Crippen LogP contribution in [0, 0.1) is 0 Å². The Hall–Kier alpha value is -1.22. The first-order chi connectivity index (χ1) is 8.37. The largest absolute Gasteiger partial charge is 0.444 e. The van der Waals surface area contributed by atoms with E-state index in [4.69, 9.17) is 16.3 Å². The Morgan fingerprint density at radius 2 is 2.06 bits per heavy atom. The van der Waals surface area contributed by atoms with E-state index in [1.807, 2.05) is 45.0 Å². The molecule has 0 aliphatic heterocycles. The normalized spacial score (nSPS) is 22.4. The summed E-state index contributed by atoms with van der Waals surface area (Å²) in [5.74, 6) is 0. The van der Waals surface area contributed by atoms with E-state index in [1.165, 1.54) is 5.56 Å². The maximum absolute atomic E-state index is 11.8. The molecule has 1 aliphatic carbocycles. The number of alkyl carbamates (subject to hydrolysis) is 1. The number of carbonyl (C=O) groups excluding carboxylic acids is 1. The van der Waals surface area contributed by atoms with Crippen molar-refractivity contribution in [2.45, 2.75) is 44.2 Å². The lowest BCUT2D eigenvalue weighted by atomic mass is 10.1. The second kappa shape index (κ2) is 4.81. The average Bonchev–Trinajstić information content (AvgIpc) is 2.53. The molecule has 1 N–H and O–H groups in total. The van der Waals surface area contributed by atoms with Crippen molar-refractivity contribution in [1.82, 2.24) is 5.32 Å². The molecule has 0 spiro atoms. The monoisotopic (exact) mass is 267 g/mol. The van der Waals surface area contributed by atoms with Crippen LogP contribution in [0.4, 0.5) is 4.79 Å². The molecule has 1 aliphatic rings. The van der Waals surface area contributed by atoms with Gasteiger partial charge in [0.25, 0.3) is 0 Å². The van der Waals surface area contributed by atoms with Gasteiger partial charge in [-0.25, -0.2) is 4.79 Å². The zero-order valence-electron chi connectivity index (χ0n) is 10.9. The molecule has 1 aromatic carbocycles. The van der Waals surface area contributed by atoms with Crippen molar-refractivity contribution >= 4 is 17.7 Å². The fraction of sp³-hybridized carbons (Fsp3) is 0.500. The molecule has 0 heterocycles. The molecule has 0 radical (unpaired) electrons. The molecule has 0 aromatic heterocycles.